The summed E-state index contributed by atoms with van der Waals surface area (Å²) in [7, 11) is 3.21. The summed E-state index contributed by atoms with van der Waals surface area (Å²) in [6.45, 7) is 0.690. The van der Waals surface area contributed by atoms with Gasteiger partial charge in [0.2, 0.25) is 5.91 Å². The number of nitrogens with one attached hydrogen (secondary N) is 1. The zero-order valence-corrected chi connectivity index (χ0v) is 18.7. The first-order valence-electron chi connectivity index (χ1n) is 10.9. The molecule has 2 heterocycles. The first kappa shape index (κ1) is 21.8. The number of nitrogens with zero attached hydrogens (tertiary/aromatic N) is 1. The molecule has 7 heteroatoms. The van der Waals surface area contributed by atoms with Gasteiger partial charge in [0.25, 0.3) is 0 Å². The van der Waals surface area contributed by atoms with E-state index in [-0.39, 0.29) is 23.0 Å². The van der Waals surface area contributed by atoms with E-state index in [0.717, 1.165) is 32.1 Å². The molecule has 0 aromatic heterocycles. The SMILES string of the molecule is COC(OC)[C@@H]1CCCN1C(=O)[C@H]1NCSC1C(=O)C[C@@H]1CCc2ccccc2C1. The number of Topliss-reactive ketones (excluding diaryl/α,β-unsaturated/α-hetero) is 1. The summed E-state index contributed by atoms with van der Waals surface area (Å²) in [6, 6.07) is 8.00. The third kappa shape index (κ3) is 4.44. The van der Waals surface area contributed by atoms with E-state index >= 15 is 0 Å². The summed E-state index contributed by atoms with van der Waals surface area (Å²) in [4.78, 5) is 28.4. The van der Waals surface area contributed by atoms with Crippen molar-refractivity contribution in [3.05, 3.63) is 35.4 Å². The lowest BCUT2D eigenvalue weighted by molar-refractivity contribution is -0.158. The second-order valence-corrected chi connectivity index (χ2v) is 9.67. The topological polar surface area (TPSA) is 67.9 Å². The van der Waals surface area contributed by atoms with Crippen LogP contribution < -0.4 is 5.32 Å². The molecular weight excluding hydrogens is 400 g/mol. The van der Waals surface area contributed by atoms with Gasteiger partial charge in [-0.2, -0.15) is 0 Å². The van der Waals surface area contributed by atoms with Crippen LogP contribution in [-0.2, 0) is 31.9 Å². The van der Waals surface area contributed by atoms with Crippen LogP contribution in [0.25, 0.3) is 0 Å². The highest BCUT2D eigenvalue weighted by Crippen LogP contribution is 2.32. The Bertz CT molecular complexity index is 769. The standard InChI is InChI=1S/C23H32N2O4S/c1-28-23(29-2)18-8-5-11-25(18)22(27)20-21(30-14-24-20)19(26)13-15-9-10-16-6-3-4-7-17(16)12-15/h3-4,6-7,15,18,20-21,23-24H,5,8-14H2,1-2H3/t15-,18+,20+,21?/m1/s1. The maximum atomic E-state index is 13.4. The number of hydrogen-bond acceptors (Lipinski definition) is 6. The Hall–Kier alpha value is -1.41. The molecule has 4 rings (SSSR count). The molecule has 2 fully saturated rings. The molecule has 4 atom stereocenters. The summed E-state index contributed by atoms with van der Waals surface area (Å²) in [5.74, 6) is 1.22. The molecule has 6 nitrogen and oxygen atoms in total. The van der Waals surface area contributed by atoms with E-state index in [1.54, 1.807) is 26.0 Å². The van der Waals surface area contributed by atoms with E-state index in [0.29, 0.717) is 24.8 Å². The highest BCUT2D eigenvalue weighted by Gasteiger charge is 2.44. The van der Waals surface area contributed by atoms with Gasteiger partial charge in [-0.25, -0.2) is 0 Å². The van der Waals surface area contributed by atoms with Crippen LogP contribution in [0.1, 0.15) is 36.8 Å². The Labute approximate surface area is 183 Å². The van der Waals surface area contributed by atoms with Gasteiger partial charge in [0.05, 0.1) is 11.3 Å². The lowest BCUT2D eigenvalue weighted by Gasteiger charge is -2.32. The Morgan fingerprint density at radius 1 is 1.20 bits per heavy atom. The van der Waals surface area contributed by atoms with E-state index in [1.165, 1.54) is 11.1 Å². The number of amides is 1. The fourth-order valence-corrected chi connectivity index (χ4v) is 6.36. The Kier molecular flexibility index (Phi) is 7.13. The molecule has 2 saturated heterocycles. The summed E-state index contributed by atoms with van der Waals surface area (Å²) in [6.07, 6.45) is 4.96. The average Bonchev–Trinajstić information content (AvgIpc) is 3.44. The zero-order chi connectivity index (χ0) is 21.1. The van der Waals surface area contributed by atoms with E-state index in [2.05, 4.69) is 29.6 Å². The number of carbonyl (C=O) groups is 2. The minimum Gasteiger partial charge on any atom is -0.354 e. The smallest absolute Gasteiger partial charge is 0.241 e. The Balaban J connectivity index is 1.39. The van der Waals surface area contributed by atoms with Gasteiger partial charge in [0.1, 0.15) is 11.8 Å². The lowest BCUT2D eigenvalue weighted by Crippen LogP contribution is -2.54. The van der Waals surface area contributed by atoms with Gasteiger partial charge in [-0.15, -0.1) is 11.8 Å². The summed E-state index contributed by atoms with van der Waals surface area (Å²) < 4.78 is 10.8. The van der Waals surface area contributed by atoms with Gasteiger partial charge >= 0.3 is 0 Å². The number of carbonyl (C=O) groups excluding carboxylic acids is 2. The van der Waals surface area contributed by atoms with E-state index < -0.39 is 12.3 Å². The number of benzene rings is 1. The van der Waals surface area contributed by atoms with Crippen LogP contribution >= 0.6 is 11.8 Å². The number of rotatable bonds is 7. The predicted molar refractivity (Wildman–Crippen MR) is 117 cm³/mol. The van der Waals surface area contributed by atoms with Crippen LogP contribution in [0, 0.1) is 5.92 Å². The molecule has 2 aliphatic heterocycles. The van der Waals surface area contributed by atoms with Gasteiger partial charge in [0.15, 0.2) is 6.29 Å². The molecule has 30 heavy (non-hydrogen) atoms. The monoisotopic (exact) mass is 432 g/mol. The van der Waals surface area contributed by atoms with Gasteiger partial charge in [-0.3, -0.25) is 14.9 Å². The Morgan fingerprint density at radius 3 is 2.73 bits per heavy atom. The largest absolute Gasteiger partial charge is 0.354 e. The molecule has 164 valence electrons. The normalized spacial score (nSPS) is 28.7. The van der Waals surface area contributed by atoms with Crippen molar-refractivity contribution in [2.45, 2.75) is 62.1 Å². The van der Waals surface area contributed by atoms with E-state index in [1.807, 2.05) is 4.90 Å². The molecule has 1 aliphatic carbocycles. The molecule has 0 saturated carbocycles. The predicted octanol–water partition coefficient (Wildman–Crippen LogP) is 2.39. The maximum Gasteiger partial charge on any atom is 0.241 e. The minimum absolute atomic E-state index is 0.00828. The van der Waals surface area contributed by atoms with Crippen molar-refractivity contribution in [1.82, 2.24) is 10.2 Å². The van der Waals surface area contributed by atoms with Crippen molar-refractivity contribution in [2.75, 3.05) is 26.6 Å². The van der Waals surface area contributed by atoms with Crippen molar-refractivity contribution in [1.29, 1.82) is 0 Å². The van der Waals surface area contributed by atoms with E-state index in [4.69, 9.17) is 9.47 Å². The number of methoxy groups -OCH3 is 2. The van der Waals surface area contributed by atoms with Crippen molar-refractivity contribution < 1.29 is 19.1 Å². The fourth-order valence-electron chi connectivity index (χ4n) is 5.21. The zero-order valence-electron chi connectivity index (χ0n) is 17.8. The highest BCUT2D eigenvalue weighted by atomic mass is 32.2. The quantitative estimate of drug-likeness (QED) is 0.668. The van der Waals surface area contributed by atoms with E-state index in [9.17, 15) is 9.59 Å². The summed E-state index contributed by atoms with van der Waals surface area (Å²) in [5.41, 5.74) is 2.79. The number of ether oxygens (including phenoxy) is 2. The Morgan fingerprint density at radius 2 is 1.97 bits per heavy atom. The molecule has 0 bridgehead atoms. The van der Waals surface area contributed by atoms with Crippen LogP contribution in [0.15, 0.2) is 24.3 Å². The van der Waals surface area contributed by atoms with Crippen LogP contribution in [0.3, 0.4) is 0 Å². The molecule has 0 radical (unpaired) electrons. The molecule has 1 amide bonds. The number of ketones is 1. The molecule has 1 aromatic carbocycles. The molecule has 1 unspecified atom stereocenters. The van der Waals surface area contributed by atoms with Crippen LogP contribution in [0.4, 0.5) is 0 Å². The third-order valence-corrected chi connectivity index (χ3v) is 7.98. The second kappa shape index (κ2) is 9.81. The second-order valence-electron chi connectivity index (χ2n) is 8.54. The minimum atomic E-state index is -0.451. The average molecular weight is 433 g/mol. The van der Waals surface area contributed by atoms with Gasteiger partial charge < -0.3 is 14.4 Å². The van der Waals surface area contributed by atoms with Gasteiger partial charge in [-0.1, -0.05) is 24.3 Å². The summed E-state index contributed by atoms with van der Waals surface area (Å²) >= 11 is 1.57. The fraction of sp³-hybridized carbons (Fsp3) is 0.652. The first-order valence-corrected chi connectivity index (χ1v) is 12.0. The molecule has 1 aromatic rings. The molecule has 1 N–H and O–H groups in total. The first-order chi connectivity index (χ1) is 14.6. The number of likely N-dealkylation sites (tertiary alicyclic amines) is 1. The molecular formula is C23H32N2O4S. The van der Waals surface area contributed by atoms with Crippen molar-refractivity contribution in [2.24, 2.45) is 5.92 Å². The lowest BCUT2D eigenvalue weighted by atomic mass is 9.81. The number of hydrogen-bond donors (Lipinski definition) is 1. The van der Waals surface area contributed by atoms with Crippen LogP contribution in [0.2, 0.25) is 0 Å². The van der Waals surface area contributed by atoms with Crippen molar-refractivity contribution >= 4 is 23.5 Å². The number of aryl methyl sites for hydroxylation is 1. The maximum absolute atomic E-state index is 13.4. The summed E-state index contributed by atoms with van der Waals surface area (Å²) in [5, 5.41) is 2.98. The highest BCUT2D eigenvalue weighted by molar-refractivity contribution is 8.00. The van der Waals surface area contributed by atoms with Crippen LogP contribution in [0.5, 0.6) is 0 Å². The third-order valence-electron chi connectivity index (χ3n) is 6.75. The molecule has 0 spiro atoms. The van der Waals surface area contributed by atoms with Gasteiger partial charge in [0, 0.05) is 33.1 Å². The number of fused-ring (bicyclic) bond motifs is 1. The van der Waals surface area contributed by atoms with Crippen LogP contribution in [-0.4, -0.2) is 66.9 Å². The van der Waals surface area contributed by atoms with Crippen molar-refractivity contribution in [3.63, 3.8) is 0 Å². The van der Waals surface area contributed by atoms with Crippen molar-refractivity contribution in [3.8, 4) is 0 Å². The number of thioether (sulfide) groups is 1. The van der Waals surface area contributed by atoms with Gasteiger partial charge in [-0.05, 0) is 49.1 Å². The molecule has 3 aliphatic rings.